The van der Waals surface area contributed by atoms with E-state index in [4.69, 9.17) is 27.4 Å². The zero-order valence-electron chi connectivity index (χ0n) is 9.32. The van der Waals surface area contributed by atoms with Crippen molar-refractivity contribution >= 4 is 33.1 Å². The molecule has 1 aliphatic rings. The van der Waals surface area contributed by atoms with Crippen molar-refractivity contribution in [2.45, 2.75) is 12.8 Å². The van der Waals surface area contributed by atoms with Crippen LogP contribution in [0.5, 0.6) is 5.75 Å². The molecule has 0 spiro atoms. The Morgan fingerprint density at radius 2 is 2.24 bits per heavy atom. The van der Waals surface area contributed by atoms with Crippen molar-refractivity contribution < 1.29 is 9.47 Å². The number of rotatable bonds is 6. The first-order valence-electron chi connectivity index (χ1n) is 5.46. The summed E-state index contributed by atoms with van der Waals surface area (Å²) >= 11 is 8.35. The molecule has 1 fully saturated rings. The molecule has 3 nitrogen and oxygen atoms in total. The molecule has 0 amide bonds. The fourth-order valence-corrected chi connectivity index (χ4v) is 1.95. The summed E-state index contributed by atoms with van der Waals surface area (Å²) in [6.45, 7) is 1.02. The van der Waals surface area contributed by atoms with Gasteiger partial charge in [0, 0.05) is 4.47 Å². The first-order chi connectivity index (χ1) is 8.16. The molecule has 92 valence electrons. The summed E-state index contributed by atoms with van der Waals surface area (Å²) in [5.41, 5.74) is 6.36. The average molecular weight is 316 g/mol. The van der Waals surface area contributed by atoms with Gasteiger partial charge >= 0.3 is 0 Å². The molecule has 0 bridgehead atoms. The van der Waals surface area contributed by atoms with Crippen LogP contribution in [0.25, 0.3) is 0 Å². The molecular formula is C12H14BrNO2S. The van der Waals surface area contributed by atoms with Gasteiger partial charge in [0.2, 0.25) is 0 Å². The maximum absolute atomic E-state index is 5.64. The quantitative estimate of drug-likeness (QED) is 0.498. The van der Waals surface area contributed by atoms with Gasteiger partial charge in [0.05, 0.1) is 12.2 Å². The molecule has 1 aromatic rings. The normalized spacial score (nSPS) is 14.6. The van der Waals surface area contributed by atoms with Crippen molar-refractivity contribution in [3.05, 3.63) is 28.2 Å². The Labute approximate surface area is 114 Å². The summed E-state index contributed by atoms with van der Waals surface area (Å²) in [5.74, 6) is 1.40. The molecule has 0 aliphatic heterocycles. The van der Waals surface area contributed by atoms with E-state index in [9.17, 15) is 0 Å². The molecule has 2 rings (SSSR count). The molecule has 0 atom stereocenters. The zero-order valence-corrected chi connectivity index (χ0v) is 11.7. The van der Waals surface area contributed by atoms with Crippen molar-refractivity contribution in [1.82, 2.24) is 0 Å². The lowest BCUT2D eigenvalue weighted by Crippen LogP contribution is -2.13. The Bertz CT molecular complexity index is 421. The Morgan fingerprint density at radius 1 is 1.47 bits per heavy atom. The van der Waals surface area contributed by atoms with Crippen LogP contribution >= 0.6 is 28.1 Å². The van der Waals surface area contributed by atoms with E-state index in [1.54, 1.807) is 0 Å². The van der Waals surface area contributed by atoms with E-state index in [1.165, 1.54) is 12.8 Å². The second-order valence-electron chi connectivity index (χ2n) is 4.08. The molecule has 0 radical (unpaired) electrons. The lowest BCUT2D eigenvalue weighted by atomic mass is 10.2. The van der Waals surface area contributed by atoms with E-state index < -0.39 is 0 Å². The monoisotopic (exact) mass is 315 g/mol. The number of halogens is 1. The number of nitrogens with two attached hydrogens (primary N) is 1. The number of thiocarbonyl (C=S) groups is 1. The van der Waals surface area contributed by atoms with Gasteiger partial charge in [0.1, 0.15) is 10.7 Å². The van der Waals surface area contributed by atoms with Gasteiger partial charge in [0.25, 0.3) is 0 Å². The molecule has 1 aliphatic carbocycles. The summed E-state index contributed by atoms with van der Waals surface area (Å²) in [5, 5.41) is 0. The average Bonchev–Trinajstić information content (AvgIpc) is 3.09. The van der Waals surface area contributed by atoms with Gasteiger partial charge in [-0.3, -0.25) is 0 Å². The summed E-state index contributed by atoms with van der Waals surface area (Å²) in [6, 6.07) is 5.57. The largest absolute Gasteiger partial charge is 0.467 e. The molecule has 0 saturated heterocycles. The van der Waals surface area contributed by atoms with Crippen LogP contribution in [-0.4, -0.2) is 18.4 Å². The van der Waals surface area contributed by atoms with E-state index in [-0.39, 0.29) is 6.79 Å². The topological polar surface area (TPSA) is 44.5 Å². The summed E-state index contributed by atoms with van der Waals surface area (Å²) in [4.78, 5) is 0.323. The Hall–Kier alpha value is -0.650. The third-order valence-corrected chi connectivity index (χ3v) is 3.27. The van der Waals surface area contributed by atoms with E-state index in [2.05, 4.69) is 15.9 Å². The molecule has 5 heteroatoms. The Kier molecular flexibility index (Phi) is 4.36. The highest BCUT2D eigenvalue weighted by Gasteiger charge is 2.21. The minimum Gasteiger partial charge on any atom is -0.467 e. The highest BCUT2D eigenvalue weighted by atomic mass is 79.9. The number of hydrogen-bond acceptors (Lipinski definition) is 3. The minimum atomic E-state index is 0.244. The van der Waals surface area contributed by atoms with Crippen molar-refractivity contribution in [2.24, 2.45) is 11.7 Å². The van der Waals surface area contributed by atoms with Gasteiger partial charge < -0.3 is 15.2 Å². The Balaban J connectivity index is 1.91. The molecule has 0 unspecified atom stereocenters. The molecule has 0 aromatic heterocycles. The van der Waals surface area contributed by atoms with E-state index in [0.717, 1.165) is 22.6 Å². The van der Waals surface area contributed by atoms with Crippen molar-refractivity contribution in [3.8, 4) is 5.75 Å². The highest BCUT2D eigenvalue weighted by molar-refractivity contribution is 9.10. The third kappa shape index (κ3) is 3.94. The van der Waals surface area contributed by atoms with E-state index in [0.29, 0.717) is 10.7 Å². The Morgan fingerprint density at radius 3 is 2.88 bits per heavy atom. The minimum absolute atomic E-state index is 0.244. The summed E-state index contributed by atoms with van der Waals surface area (Å²) in [6.07, 6.45) is 2.55. The first-order valence-corrected chi connectivity index (χ1v) is 6.67. The second kappa shape index (κ2) is 5.80. The molecule has 0 heterocycles. The van der Waals surface area contributed by atoms with Crippen molar-refractivity contribution in [3.63, 3.8) is 0 Å². The maximum atomic E-state index is 5.64. The fourth-order valence-electron chi connectivity index (χ4n) is 1.43. The van der Waals surface area contributed by atoms with Crippen molar-refractivity contribution in [1.29, 1.82) is 0 Å². The molecule has 1 saturated carbocycles. The number of hydrogen-bond donors (Lipinski definition) is 1. The van der Waals surface area contributed by atoms with Crippen LogP contribution in [0.15, 0.2) is 22.7 Å². The predicted molar refractivity (Wildman–Crippen MR) is 74.2 cm³/mol. The van der Waals surface area contributed by atoms with Gasteiger partial charge in [-0.2, -0.15) is 0 Å². The smallest absolute Gasteiger partial charge is 0.189 e. The van der Waals surface area contributed by atoms with E-state index >= 15 is 0 Å². The summed E-state index contributed by atoms with van der Waals surface area (Å²) in [7, 11) is 0. The molecule has 2 N–H and O–H groups in total. The second-order valence-corrected chi connectivity index (χ2v) is 5.44. The van der Waals surface area contributed by atoms with Crippen LogP contribution in [0.2, 0.25) is 0 Å². The van der Waals surface area contributed by atoms with Gasteiger partial charge in [-0.15, -0.1) is 0 Å². The predicted octanol–water partition coefficient (Wildman–Crippen LogP) is 2.85. The highest BCUT2D eigenvalue weighted by Crippen LogP contribution is 2.29. The van der Waals surface area contributed by atoms with Crippen LogP contribution in [-0.2, 0) is 4.74 Å². The SMILES string of the molecule is NC(=S)c1cc(Br)ccc1OCOCC1CC1. The number of ether oxygens (including phenoxy) is 2. The van der Waals surface area contributed by atoms with E-state index in [1.807, 2.05) is 18.2 Å². The fraction of sp³-hybridized carbons (Fsp3) is 0.417. The zero-order chi connectivity index (χ0) is 12.3. The lowest BCUT2D eigenvalue weighted by molar-refractivity contribution is 0.00989. The van der Waals surface area contributed by atoms with Crippen LogP contribution in [0, 0.1) is 5.92 Å². The number of benzene rings is 1. The van der Waals surface area contributed by atoms with Crippen LogP contribution < -0.4 is 10.5 Å². The van der Waals surface area contributed by atoms with Crippen LogP contribution in [0.3, 0.4) is 0 Å². The first kappa shape index (κ1) is 12.8. The van der Waals surface area contributed by atoms with Gasteiger partial charge in [-0.25, -0.2) is 0 Å². The summed E-state index contributed by atoms with van der Waals surface area (Å²) < 4.78 is 11.9. The van der Waals surface area contributed by atoms with Gasteiger partial charge in [-0.05, 0) is 37.0 Å². The lowest BCUT2D eigenvalue weighted by Gasteiger charge is -2.11. The van der Waals surface area contributed by atoms with Crippen LogP contribution in [0.4, 0.5) is 0 Å². The van der Waals surface area contributed by atoms with Gasteiger partial charge in [-0.1, -0.05) is 28.1 Å². The van der Waals surface area contributed by atoms with Crippen LogP contribution in [0.1, 0.15) is 18.4 Å². The third-order valence-electron chi connectivity index (χ3n) is 2.56. The molecule has 17 heavy (non-hydrogen) atoms. The molecular weight excluding hydrogens is 302 g/mol. The van der Waals surface area contributed by atoms with Gasteiger partial charge in [0.15, 0.2) is 6.79 Å². The maximum Gasteiger partial charge on any atom is 0.189 e. The van der Waals surface area contributed by atoms with Crippen molar-refractivity contribution in [2.75, 3.05) is 13.4 Å². The standard InChI is InChI=1S/C12H14BrNO2S/c13-9-3-4-11(10(5-9)12(14)17)16-7-15-6-8-1-2-8/h3-5,8H,1-2,6-7H2,(H2,14,17). The molecule has 1 aromatic carbocycles.